The van der Waals surface area contributed by atoms with Gasteiger partial charge in [-0.1, -0.05) is 12.8 Å². The smallest absolute Gasteiger partial charge is 0.182 e. The van der Waals surface area contributed by atoms with Crippen LogP contribution >= 0.6 is 0 Å². The van der Waals surface area contributed by atoms with Crippen LogP contribution in [-0.4, -0.2) is 28.1 Å². The van der Waals surface area contributed by atoms with Gasteiger partial charge in [0.25, 0.3) is 0 Å². The number of nitriles is 1. The number of nitrogens with zero attached hydrogens (tertiary/aromatic N) is 4. The van der Waals surface area contributed by atoms with Crippen molar-refractivity contribution in [2.75, 3.05) is 7.05 Å². The molecule has 5 heteroatoms. The molecule has 0 radical (unpaired) electrons. The largest absolute Gasteiger partial charge is 0.315 e. The number of likely N-dealkylation sites (N-methyl/N-ethyl adjacent to an activating group) is 1. The van der Waals surface area contributed by atoms with Crippen LogP contribution in [0.5, 0.6) is 0 Å². The summed E-state index contributed by atoms with van der Waals surface area (Å²) in [6.07, 6.45) is 6.25. The first-order chi connectivity index (χ1) is 7.35. The van der Waals surface area contributed by atoms with E-state index in [-0.39, 0.29) is 0 Å². The van der Waals surface area contributed by atoms with Crippen LogP contribution in [0.3, 0.4) is 0 Å². The highest BCUT2D eigenvalue weighted by Crippen LogP contribution is 2.27. The molecule has 1 fully saturated rings. The molecule has 2 atom stereocenters. The topological polar surface area (TPSA) is 66.5 Å². The Bertz CT molecular complexity index is 364. The minimum Gasteiger partial charge on any atom is -0.315 e. The first kappa shape index (κ1) is 10.1. The maximum Gasteiger partial charge on any atom is 0.182 e. The summed E-state index contributed by atoms with van der Waals surface area (Å²) in [6.45, 7) is 0. The van der Waals surface area contributed by atoms with Crippen LogP contribution in [0.1, 0.15) is 37.4 Å². The fourth-order valence-corrected chi connectivity index (χ4v) is 2.21. The lowest BCUT2D eigenvalue weighted by molar-refractivity contribution is 0.237. The van der Waals surface area contributed by atoms with Crippen LogP contribution in [0.25, 0.3) is 0 Å². The summed E-state index contributed by atoms with van der Waals surface area (Å²) in [4.78, 5) is 1.69. The fourth-order valence-electron chi connectivity index (χ4n) is 2.21. The lowest BCUT2D eigenvalue weighted by atomic mass is 9.91. The molecule has 1 aliphatic rings. The molecule has 1 aromatic rings. The maximum absolute atomic E-state index is 8.69. The SMILES string of the molecule is CNC1CCCCC1n1ncc(C#N)n1. The molecule has 2 rings (SSSR count). The van der Waals surface area contributed by atoms with Gasteiger partial charge in [-0.3, -0.25) is 0 Å². The molecule has 1 N–H and O–H groups in total. The van der Waals surface area contributed by atoms with E-state index >= 15 is 0 Å². The predicted octanol–water partition coefficient (Wildman–Crippen LogP) is 0.853. The quantitative estimate of drug-likeness (QED) is 0.777. The highest BCUT2D eigenvalue weighted by molar-refractivity contribution is 5.13. The van der Waals surface area contributed by atoms with E-state index in [0.717, 1.165) is 12.8 Å². The molecule has 1 aromatic heterocycles. The van der Waals surface area contributed by atoms with E-state index in [0.29, 0.717) is 17.8 Å². The molecule has 2 unspecified atom stereocenters. The van der Waals surface area contributed by atoms with Crippen molar-refractivity contribution in [3.05, 3.63) is 11.9 Å². The molecule has 0 aliphatic heterocycles. The van der Waals surface area contributed by atoms with Crippen LogP contribution in [0.2, 0.25) is 0 Å². The van der Waals surface area contributed by atoms with E-state index in [4.69, 9.17) is 5.26 Å². The normalized spacial score (nSPS) is 26.1. The second-order valence-electron chi connectivity index (χ2n) is 3.91. The third-order valence-corrected chi connectivity index (χ3v) is 3.02. The monoisotopic (exact) mass is 205 g/mol. The van der Waals surface area contributed by atoms with E-state index in [2.05, 4.69) is 15.5 Å². The highest BCUT2D eigenvalue weighted by atomic mass is 15.5. The van der Waals surface area contributed by atoms with Gasteiger partial charge < -0.3 is 5.32 Å². The van der Waals surface area contributed by atoms with Gasteiger partial charge in [0, 0.05) is 6.04 Å². The fraction of sp³-hybridized carbons (Fsp3) is 0.700. The number of hydrogen-bond acceptors (Lipinski definition) is 4. The van der Waals surface area contributed by atoms with E-state index in [1.165, 1.54) is 19.0 Å². The van der Waals surface area contributed by atoms with Gasteiger partial charge >= 0.3 is 0 Å². The van der Waals surface area contributed by atoms with Crippen molar-refractivity contribution in [3.63, 3.8) is 0 Å². The molecule has 15 heavy (non-hydrogen) atoms. The van der Waals surface area contributed by atoms with Gasteiger partial charge in [0.1, 0.15) is 6.07 Å². The van der Waals surface area contributed by atoms with Gasteiger partial charge in [-0.15, -0.1) is 5.10 Å². The van der Waals surface area contributed by atoms with Crippen LogP contribution in [-0.2, 0) is 0 Å². The van der Waals surface area contributed by atoms with Gasteiger partial charge in [-0.25, -0.2) is 0 Å². The minimum absolute atomic E-state index is 0.297. The summed E-state index contributed by atoms with van der Waals surface area (Å²) in [6, 6.07) is 2.73. The standard InChI is InChI=1S/C10H15N5/c1-12-9-4-2-3-5-10(9)15-13-7-8(6-11)14-15/h7,9-10,12H,2-5H2,1H3. The zero-order valence-corrected chi connectivity index (χ0v) is 8.85. The van der Waals surface area contributed by atoms with Crippen molar-refractivity contribution >= 4 is 0 Å². The lowest BCUT2D eigenvalue weighted by Crippen LogP contribution is -2.38. The summed E-state index contributed by atoms with van der Waals surface area (Å²) in [7, 11) is 1.97. The van der Waals surface area contributed by atoms with Gasteiger partial charge in [0.15, 0.2) is 5.69 Å². The number of hydrogen-bond donors (Lipinski definition) is 1. The second-order valence-corrected chi connectivity index (χ2v) is 3.91. The summed E-state index contributed by atoms with van der Waals surface area (Å²) in [5.74, 6) is 0. The Kier molecular flexibility index (Phi) is 2.97. The Hall–Kier alpha value is -1.41. The molecule has 0 saturated heterocycles. The van der Waals surface area contributed by atoms with Gasteiger partial charge in [0.05, 0.1) is 12.2 Å². The third-order valence-electron chi connectivity index (χ3n) is 3.02. The van der Waals surface area contributed by atoms with Crippen LogP contribution in [0, 0.1) is 11.3 Å². The molecule has 0 spiro atoms. The minimum atomic E-state index is 0.297. The van der Waals surface area contributed by atoms with Crippen molar-refractivity contribution in [1.82, 2.24) is 20.3 Å². The third kappa shape index (κ3) is 2.00. The summed E-state index contributed by atoms with van der Waals surface area (Å²) < 4.78 is 0. The van der Waals surface area contributed by atoms with Crippen molar-refractivity contribution < 1.29 is 0 Å². The van der Waals surface area contributed by atoms with Gasteiger partial charge in [-0.05, 0) is 19.9 Å². The van der Waals surface area contributed by atoms with E-state index in [9.17, 15) is 0 Å². The van der Waals surface area contributed by atoms with Gasteiger partial charge in [-0.2, -0.15) is 15.2 Å². The molecular formula is C10H15N5. The summed E-state index contributed by atoms with van der Waals surface area (Å²) >= 11 is 0. The first-order valence-electron chi connectivity index (χ1n) is 5.34. The number of aromatic nitrogens is 3. The van der Waals surface area contributed by atoms with Crippen molar-refractivity contribution in [2.45, 2.75) is 37.8 Å². The lowest BCUT2D eigenvalue weighted by Gasteiger charge is -2.30. The van der Waals surface area contributed by atoms with Crippen molar-refractivity contribution in [3.8, 4) is 6.07 Å². The summed E-state index contributed by atoms with van der Waals surface area (Å²) in [5.41, 5.74) is 0.399. The number of rotatable bonds is 2. The highest BCUT2D eigenvalue weighted by Gasteiger charge is 2.26. The molecule has 1 heterocycles. The maximum atomic E-state index is 8.69. The van der Waals surface area contributed by atoms with Crippen LogP contribution in [0.15, 0.2) is 6.20 Å². The van der Waals surface area contributed by atoms with E-state index in [1.54, 1.807) is 4.80 Å². The Labute approximate surface area is 89.1 Å². The molecule has 0 bridgehead atoms. The summed E-state index contributed by atoms with van der Waals surface area (Å²) in [5, 5.41) is 20.3. The molecule has 5 nitrogen and oxygen atoms in total. The molecule has 1 saturated carbocycles. The zero-order chi connectivity index (χ0) is 10.7. The molecule has 0 amide bonds. The zero-order valence-electron chi connectivity index (χ0n) is 8.85. The van der Waals surface area contributed by atoms with Crippen LogP contribution < -0.4 is 5.32 Å². The van der Waals surface area contributed by atoms with Crippen LogP contribution in [0.4, 0.5) is 0 Å². The molecular weight excluding hydrogens is 190 g/mol. The van der Waals surface area contributed by atoms with Gasteiger partial charge in [0.2, 0.25) is 0 Å². The Morgan fingerprint density at radius 3 is 3.00 bits per heavy atom. The average Bonchev–Trinajstić information content (AvgIpc) is 2.77. The molecule has 80 valence electrons. The Balaban J connectivity index is 2.17. The van der Waals surface area contributed by atoms with Crippen molar-refractivity contribution in [2.24, 2.45) is 0 Å². The molecule has 1 aliphatic carbocycles. The average molecular weight is 205 g/mol. The number of nitrogens with one attached hydrogen (secondary N) is 1. The Morgan fingerprint density at radius 2 is 2.33 bits per heavy atom. The van der Waals surface area contributed by atoms with E-state index in [1.807, 2.05) is 13.1 Å². The Morgan fingerprint density at radius 1 is 1.53 bits per heavy atom. The molecule has 0 aromatic carbocycles. The van der Waals surface area contributed by atoms with Crippen molar-refractivity contribution in [1.29, 1.82) is 5.26 Å². The predicted molar refractivity (Wildman–Crippen MR) is 55.1 cm³/mol. The van der Waals surface area contributed by atoms with E-state index < -0.39 is 0 Å². The second kappa shape index (κ2) is 4.41. The first-order valence-corrected chi connectivity index (χ1v) is 5.34.